The van der Waals surface area contributed by atoms with Crippen molar-refractivity contribution in [3.63, 3.8) is 0 Å². The lowest BCUT2D eigenvalue weighted by molar-refractivity contribution is -0.146. The first-order chi connectivity index (χ1) is 7.10. The van der Waals surface area contributed by atoms with Crippen molar-refractivity contribution in [1.82, 2.24) is 5.32 Å². The Morgan fingerprint density at radius 2 is 2.27 bits per heavy atom. The van der Waals surface area contributed by atoms with Crippen LogP contribution in [-0.2, 0) is 4.79 Å². The summed E-state index contributed by atoms with van der Waals surface area (Å²) in [5.41, 5.74) is 0. The Labute approximate surface area is 94.4 Å². The van der Waals surface area contributed by atoms with Crippen molar-refractivity contribution >= 4 is 17.7 Å². The van der Waals surface area contributed by atoms with E-state index >= 15 is 0 Å². The van der Waals surface area contributed by atoms with Crippen molar-refractivity contribution in [3.8, 4) is 0 Å². The van der Waals surface area contributed by atoms with Crippen LogP contribution in [0.5, 0.6) is 0 Å². The van der Waals surface area contributed by atoms with E-state index in [1.807, 2.05) is 13.2 Å². The van der Waals surface area contributed by atoms with Gasteiger partial charge >= 0.3 is 5.97 Å². The second-order valence-electron chi connectivity index (χ2n) is 4.04. The van der Waals surface area contributed by atoms with E-state index in [-0.39, 0.29) is 29.9 Å². The molecule has 5 heteroatoms. The summed E-state index contributed by atoms with van der Waals surface area (Å²) >= 11 is 1.60. The summed E-state index contributed by atoms with van der Waals surface area (Å²) < 4.78 is 0. The summed E-state index contributed by atoms with van der Waals surface area (Å²) in [6, 6.07) is 0.232. The van der Waals surface area contributed by atoms with Gasteiger partial charge in [0.15, 0.2) is 0 Å². The highest BCUT2D eigenvalue weighted by molar-refractivity contribution is 7.99. The normalized spacial score (nSPS) is 29.3. The monoisotopic (exact) mass is 233 g/mol. The smallest absolute Gasteiger partial charge is 0.308 e. The maximum Gasteiger partial charge on any atom is 0.308 e. The van der Waals surface area contributed by atoms with Crippen LogP contribution in [0, 0.1) is 5.92 Å². The lowest BCUT2D eigenvalue weighted by Crippen LogP contribution is -2.53. The molecule has 1 aliphatic rings. The number of thioether (sulfide) groups is 1. The third kappa shape index (κ3) is 3.09. The molecule has 0 heterocycles. The molecule has 0 aromatic carbocycles. The molecule has 1 saturated carbocycles. The average molecular weight is 233 g/mol. The Balaban J connectivity index is 2.37. The standard InChI is InChI=1S/C10H19NO3S/c1-6(9(5-12)15-2)11-8-4-3-7(8)10(13)14/h6-9,11-12H,3-5H2,1-2H3,(H,13,14). The number of hydrogen-bond acceptors (Lipinski definition) is 4. The zero-order valence-electron chi connectivity index (χ0n) is 9.14. The van der Waals surface area contributed by atoms with E-state index < -0.39 is 5.97 Å². The molecule has 3 N–H and O–H groups in total. The molecule has 0 spiro atoms. The Kier molecular flexibility index (Phi) is 4.89. The molecule has 0 amide bonds. The predicted molar refractivity (Wildman–Crippen MR) is 61.1 cm³/mol. The van der Waals surface area contributed by atoms with Gasteiger partial charge < -0.3 is 15.5 Å². The quantitative estimate of drug-likeness (QED) is 0.625. The third-order valence-electron chi connectivity index (χ3n) is 3.11. The van der Waals surface area contributed by atoms with Crippen molar-refractivity contribution in [1.29, 1.82) is 0 Å². The molecule has 15 heavy (non-hydrogen) atoms. The van der Waals surface area contributed by atoms with Crippen LogP contribution >= 0.6 is 11.8 Å². The second-order valence-corrected chi connectivity index (χ2v) is 5.12. The van der Waals surface area contributed by atoms with Crippen LogP contribution in [0.2, 0.25) is 0 Å². The van der Waals surface area contributed by atoms with Crippen LogP contribution in [0.15, 0.2) is 0 Å². The number of aliphatic hydroxyl groups is 1. The van der Waals surface area contributed by atoms with Gasteiger partial charge in [-0.15, -0.1) is 0 Å². The topological polar surface area (TPSA) is 69.6 Å². The minimum Gasteiger partial charge on any atom is -0.481 e. The highest BCUT2D eigenvalue weighted by atomic mass is 32.2. The number of carboxylic acids is 1. The van der Waals surface area contributed by atoms with E-state index in [0.717, 1.165) is 12.8 Å². The Hall–Kier alpha value is -0.260. The number of hydrogen-bond donors (Lipinski definition) is 3. The molecule has 0 saturated heterocycles. The first-order valence-electron chi connectivity index (χ1n) is 5.22. The summed E-state index contributed by atoms with van der Waals surface area (Å²) in [6.07, 6.45) is 3.64. The van der Waals surface area contributed by atoms with Crippen LogP contribution in [0.4, 0.5) is 0 Å². The summed E-state index contributed by atoms with van der Waals surface area (Å²) in [6.45, 7) is 2.12. The van der Waals surface area contributed by atoms with Gasteiger partial charge in [-0.3, -0.25) is 4.79 Å². The van der Waals surface area contributed by atoms with Gasteiger partial charge in [0.25, 0.3) is 0 Å². The Morgan fingerprint density at radius 1 is 1.60 bits per heavy atom. The number of aliphatic carboxylic acids is 1. The van der Waals surface area contributed by atoms with E-state index in [2.05, 4.69) is 5.32 Å². The first-order valence-corrected chi connectivity index (χ1v) is 6.51. The molecule has 4 atom stereocenters. The van der Waals surface area contributed by atoms with Gasteiger partial charge in [0.1, 0.15) is 0 Å². The van der Waals surface area contributed by atoms with Crippen LogP contribution in [0.25, 0.3) is 0 Å². The molecule has 0 radical (unpaired) electrons. The summed E-state index contributed by atoms with van der Waals surface area (Å²) in [5, 5.41) is 21.4. The van der Waals surface area contributed by atoms with Crippen molar-refractivity contribution in [3.05, 3.63) is 0 Å². The van der Waals surface area contributed by atoms with E-state index in [0.29, 0.717) is 0 Å². The molecular formula is C10H19NO3S. The maximum atomic E-state index is 10.8. The molecule has 1 fully saturated rings. The second kappa shape index (κ2) is 5.72. The van der Waals surface area contributed by atoms with Crippen LogP contribution in [-0.4, -0.2) is 46.4 Å². The van der Waals surface area contributed by atoms with Gasteiger partial charge in [-0.1, -0.05) is 0 Å². The summed E-state index contributed by atoms with van der Waals surface area (Å²) in [4.78, 5) is 10.8. The third-order valence-corrected chi connectivity index (χ3v) is 4.27. The van der Waals surface area contributed by atoms with Crippen molar-refractivity contribution < 1.29 is 15.0 Å². The fourth-order valence-electron chi connectivity index (χ4n) is 1.88. The lowest BCUT2D eigenvalue weighted by Gasteiger charge is -2.37. The lowest BCUT2D eigenvalue weighted by atomic mass is 9.79. The molecule has 1 rings (SSSR count). The molecule has 0 aromatic heterocycles. The van der Waals surface area contributed by atoms with E-state index in [1.165, 1.54) is 0 Å². The number of carboxylic acid groups (broad SMARTS) is 1. The van der Waals surface area contributed by atoms with Crippen LogP contribution < -0.4 is 5.32 Å². The van der Waals surface area contributed by atoms with Gasteiger partial charge in [-0.2, -0.15) is 11.8 Å². The Morgan fingerprint density at radius 3 is 2.60 bits per heavy atom. The van der Waals surface area contributed by atoms with E-state index in [4.69, 9.17) is 10.2 Å². The summed E-state index contributed by atoms with van der Waals surface area (Å²) in [7, 11) is 0. The zero-order chi connectivity index (χ0) is 11.4. The predicted octanol–water partition coefficient (Wildman–Crippen LogP) is 0.552. The fourth-order valence-corrected chi connectivity index (χ4v) is 2.51. The number of rotatable bonds is 6. The number of carbonyl (C=O) groups is 1. The van der Waals surface area contributed by atoms with Gasteiger partial charge in [-0.25, -0.2) is 0 Å². The van der Waals surface area contributed by atoms with Gasteiger partial charge in [0.05, 0.1) is 12.5 Å². The minimum absolute atomic E-state index is 0.0821. The fraction of sp³-hybridized carbons (Fsp3) is 0.900. The van der Waals surface area contributed by atoms with Crippen LogP contribution in [0.1, 0.15) is 19.8 Å². The number of nitrogens with one attached hydrogen (secondary N) is 1. The van der Waals surface area contributed by atoms with E-state index in [1.54, 1.807) is 11.8 Å². The van der Waals surface area contributed by atoms with Crippen molar-refractivity contribution in [2.75, 3.05) is 12.9 Å². The van der Waals surface area contributed by atoms with Gasteiger partial charge in [0, 0.05) is 17.3 Å². The molecular weight excluding hydrogens is 214 g/mol. The molecule has 88 valence electrons. The molecule has 0 aromatic rings. The van der Waals surface area contributed by atoms with Gasteiger partial charge in [-0.05, 0) is 26.0 Å². The summed E-state index contributed by atoms with van der Waals surface area (Å²) in [5.74, 6) is -0.954. The first kappa shape index (κ1) is 12.8. The molecule has 0 aliphatic heterocycles. The molecule has 4 nitrogen and oxygen atoms in total. The minimum atomic E-state index is -0.712. The highest BCUT2D eigenvalue weighted by Gasteiger charge is 2.37. The maximum absolute atomic E-state index is 10.8. The van der Waals surface area contributed by atoms with Crippen LogP contribution in [0.3, 0.4) is 0 Å². The molecule has 0 bridgehead atoms. The highest BCUT2D eigenvalue weighted by Crippen LogP contribution is 2.28. The number of aliphatic hydroxyl groups excluding tert-OH is 1. The van der Waals surface area contributed by atoms with Crippen molar-refractivity contribution in [2.24, 2.45) is 5.92 Å². The SMILES string of the molecule is CSC(CO)C(C)NC1CCC1C(=O)O. The van der Waals surface area contributed by atoms with Gasteiger partial charge in [0.2, 0.25) is 0 Å². The Bertz CT molecular complexity index is 221. The largest absolute Gasteiger partial charge is 0.481 e. The average Bonchev–Trinajstić information content (AvgIpc) is 2.13. The zero-order valence-corrected chi connectivity index (χ0v) is 9.96. The van der Waals surface area contributed by atoms with E-state index in [9.17, 15) is 4.79 Å². The molecule has 4 unspecified atom stereocenters. The molecule has 1 aliphatic carbocycles. The van der Waals surface area contributed by atoms with Crippen molar-refractivity contribution in [2.45, 2.75) is 37.1 Å².